The van der Waals surface area contributed by atoms with Crippen LogP contribution in [0.1, 0.15) is 13.3 Å². The number of hydrogen-bond donors (Lipinski definition) is 2. The van der Waals surface area contributed by atoms with Crippen molar-refractivity contribution in [1.29, 1.82) is 0 Å². The van der Waals surface area contributed by atoms with Crippen LogP contribution < -0.4 is 11.1 Å². The van der Waals surface area contributed by atoms with Gasteiger partial charge < -0.3 is 11.1 Å². The highest BCUT2D eigenvalue weighted by atomic mass is 32.2. The van der Waals surface area contributed by atoms with Gasteiger partial charge in [0.15, 0.2) is 0 Å². The van der Waals surface area contributed by atoms with Crippen LogP contribution in [0.4, 0.5) is 11.5 Å². The average molecular weight is 227 g/mol. The van der Waals surface area contributed by atoms with Gasteiger partial charge in [0.2, 0.25) is 0 Å². The third-order valence-electron chi connectivity index (χ3n) is 2.03. The second-order valence-electron chi connectivity index (χ2n) is 3.58. The van der Waals surface area contributed by atoms with Gasteiger partial charge in [0, 0.05) is 46.8 Å². The summed E-state index contributed by atoms with van der Waals surface area (Å²) in [7, 11) is -0.726. The minimum atomic E-state index is -0.726. The maximum Gasteiger partial charge on any atom is 0.125 e. The minimum absolute atomic E-state index is 0.288. The number of aromatic nitrogens is 1. The van der Waals surface area contributed by atoms with E-state index in [9.17, 15) is 4.21 Å². The van der Waals surface area contributed by atoms with E-state index in [0.29, 0.717) is 11.6 Å². The summed E-state index contributed by atoms with van der Waals surface area (Å²) in [5.41, 5.74) is 6.51. The van der Waals surface area contributed by atoms with Gasteiger partial charge >= 0.3 is 0 Å². The summed E-state index contributed by atoms with van der Waals surface area (Å²) in [5.74, 6) is 1.22. The van der Waals surface area contributed by atoms with E-state index in [2.05, 4.69) is 17.2 Å². The van der Waals surface area contributed by atoms with Gasteiger partial charge in [0.25, 0.3) is 0 Å². The smallest absolute Gasteiger partial charge is 0.125 e. The Hall–Kier alpha value is -1.10. The second-order valence-corrected chi connectivity index (χ2v) is 5.14. The van der Waals surface area contributed by atoms with Crippen LogP contribution >= 0.6 is 0 Å². The van der Waals surface area contributed by atoms with E-state index in [1.165, 1.54) is 0 Å². The molecule has 5 heteroatoms. The third-order valence-corrected chi connectivity index (χ3v) is 2.84. The van der Waals surface area contributed by atoms with E-state index < -0.39 is 10.8 Å². The van der Waals surface area contributed by atoms with Crippen LogP contribution in [0.2, 0.25) is 0 Å². The molecule has 15 heavy (non-hydrogen) atoms. The molecule has 1 aromatic heterocycles. The number of rotatable bonds is 5. The first-order valence-corrected chi connectivity index (χ1v) is 6.58. The molecule has 3 N–H and O–H groups in total. The van der Waals surface area contributed by atoms with Gasteiger partial charge in [-0.25, -0.2) is 4.98 Å². The van der Waals surface area contributed by atoms with Crippen molar-refractivity contribution in [2.75, 3.05) is 23.1 Å². The topological polar surface area (TPSA) is 68.0 Å². The lowest BCUT2D eigenvalue weighted by molar-refractivity contribution is 0.678. The molecular weight excluding hydrogens is 210 g/mol. The molecule has 1 heterocycles. The standard InChI is InChI=1S/C10H17N3OS/c1-8(4-6-15(2)14)13-9-3-5-12-10(11)7-9/h3,5,7-8H,4,6H2,1-2H3,(H3,11,12,13). The highest BCUT2D eigenvalue weighted by Gasteiger charge is 2.03. The number of nitrogens with two attached hydrogens (primary N) is 1. The molecule has 0 radical (unpaired) electrons. The first-order valence-electron chi connectivity index (χ1n) is 4.86. The predicted octanol–water partition coefficient (Wildman–Crippen LogP) is 1.23. The Morgan fingerprint density at radius 3 is 3.00 bits per heavy atom. The number of pyridine rings is 1. The first kappa shape index (κ1) is 12.0. The molecular formula is C10H17N3OS. The van der Waals surface area contributed by atoms with Crippen LogP contribution in [-0.2, 0) is 10.8 Å². The lowest BCUT2D eigenvalue weighted by Gasteiger charge is -2.14. The molecule has 2 atom stereocenters. The molecule has 0 spiro atoms. The van der Waals surface area contributed by atoms with Gasteiger partial charge in [0.1, 0.15) is 5.82 Å². The van der Waals surface area contributed by atoms with Crippen molar-refractivity contribution in [2.45, 2.75) is 19.4 Å². The number of nitrogens with one attached hydrogen (secondary N) is 1. The van der Waals surface area contributed by atoms with Crippen LogP contribution in [0, 0.1) is 0 Å². The zero-order chi connectivity index (χ0) is 11.3. The highest BCUT2D eigenvalue weighted by Crippen LogP contribution is 2.11. The molecule has 0 saturated carbocycles. The van der Waals surface area contributed by atoms with Gasteiger partial charge in [-0.15, -0.1) is 0 Å². The Bertz CT molecular complexity index is 343. The molecule has 1 rings (SSSR count). The highest BCUT2D eigenvalue weighted by molar-refractivity contribution is 7.84. The molecule has 0 saturated heterocycles. The third kappa shape index (κ3) is 4.78. The van der Waals surface area contributed by atoms with E-state index in [-0.39, 0.29) is 6.04 Å². The van der Waals surface area contributed by atoms with Crippen LogP contribution in [0.25, 0.3) is 0 Å². The molecule has 0 fully saturated rings. The molecule has 0 bridgehead atoms. The number of nitrogen functional groups attached to an aromatic ring is 1. The normalized spacial score (nSPS) is 14.5. The van der Waals surface area contributed by atoms with E-state index in [1.54, 1.807) is 18.5 Å². The van der Waals surface area contributed by atoms with Crippen LogP contribution in [0.3, 0.4) is 0 Å². The molecule has 0 aromatic carbocycles. The SMILES string of the molecule is CC(CCS(C)=O)Nc1ccnc(N)c1. The van der Waals surface area contributed by atoms with Gasteiger partial charge in [-0.1, -0.05) is 0 Å². The van der Waals surface area contributed by atoms with Crippen LogP contribution in [0.5, 0.6) is 0 Å². The fourth-order valence-electron chi connectivity index (χ4n) is 1.24. The second kappa shape index (κ2) is 5.70. The fraction of sp³-hybridized carbons (Fsp3) is 0.500. The molecule has 0 aliphatic rings. The summed E-state index contributed by atoms with van der Waals surface area (Å²) in [6.07, 6.45) is 4.27. The lowest BCUT2D eigenvalue weighted by atomic mass is 10.2. The summed E-state index contributed by atoms with van der Waals surface area (Å²) in [6.45, 7) is 2.06. The molecule has 0 amide bonds. The van der Waals surface area contributed by atoms with Crippen LogP contribution in [0.15, 0.2) is 18.3 Å². The van der Waals surface area contributed by atoms with Gasteiger partial charge in [0.05, 0.1) is 0 Å². The molecule has 84 valence electrons. The van der Waals surface area contributed by atoms with E-state index in [1.807, 2.05) is 6.07 Å². The van der Waals surface area contributed by atoms with E-state index >= 15 is 0 Å². The van der Waals surface area contributed by atoms with E-state index in [4.69, 9.17) is 5.73 Å². The number of nitrogens with zero attached hydrogens (tertiary/aromatic N) is 1. The molecule has 4 nitrogen and oxygen atoms in total. The van der Waals surface area contributed by atoms with Crippen molar-refractivity contribution in [1.82, 2.24) is 4.98 Å². The largest absolute Gasteiger partial charge is 0.384 e. The zero-order valence-electron chi connectivity index (χ0n) is 9.06. The Kier molecular flexibility index (Phi) is 4.55. The monoisotopic (exact) mass is 227 g/mol. The van der Waals surface area contributed by atoms with Crippen LogP contribution in [-0.4, -0.2) is 27.2 Å². The Balaban J connectivity index is 2.44. The Labute approximate surface area is 92.7 Å². The number of hydrogen-bond acceptors (Lipinski definition) is 4. The lowest BCUT2D eigenvalue weighted by Crippen LogP contribution is -2.17. The summed E-state index contributed by atoms with van der Waals surface area (Å²) in [4.78, 5) is 3.91. The molecule has 1 aromatic rings. The number of anilines is 2. The predicted molar refractivity (Wildman–Crippen MR) is 65.3 cm³/mol. The fourth-order valence-corrected chi connectivity index (χ4v) is 1.92. The quantitative estimate of drug-likeness (QED) is 0.794. The summed E-state index contributed by atoms with van der Waals surface area (Å²) in [6, 6.07) is 3.95. The summed E-state index contributed by atoms with van der Waals surface area (Å²) < 4.78 is 10.9. The maximum atomic E-state index is 10.9. The average Bonchev–Trinajstić information content (AvgIpc) is 2.15. The van der Waals surface area contributed by atoms with Crippen molar-refractivity contribution in [3.8, 4) is 0 Å². The summed E-state index contributed by atoms with van der Waals surface area (Å²) >= 11 is 0. The van der Waals surface area contributed by atoms with Crippen molar-refractivity contribution in [3.05, 3.63) is 18.3 Å². The Morgan fingerprint density at radius 2 is 2.40 bits per heavy atom. The van der Waals surface area contributed by atoms with Gasteiger partial charge in [-0.2, -0.15) is 0 Å². The van der Waals surface area contributed by atoms with Gasteiger partial charge in [-0.05, 0) is 19.4 Å². The Morgan fingerprint density at radius 1 is 1.67 bits per heavy atom. The molecule has 2 unspecified atom stereocenters. The molecule has 0 aliphatic heterocycles. The molecule has 0 aliphatic carbocycles. The van der Waals surface area contributed by atoms with Crippen molar-refractivity contribution < 1.29 is 4.21 Å². The summed E-state index contributed by atoms with van der Waals surface area (Å²) in [5, 5.41) is 3.28. The van der Waals surface area contributed by atoms with Crippen molar-refractivity contribution in [2.24, 2.45) is 0 Å². The first-order chi connectivity index (χ1) is 7.08. The van der Waals surface area contributed by atoms with E-state index in [0.717, 1.165) is 12.1 Å². The maximum absolute atomic E-state index is 10.9. The van der Waals surface area contributed by atoms with Gasteiger partial charge in [-0.3, -0.25) is 4.21 Å². The van der Waals surface area contributed by atoms with Crippen molar-refractivity contribution >= 4 is 22.3 Å². The zero-order valence-corrected chi connectivity index (χ0v) is 9.88. The minimum Gasteiger partial charge on any atom is -0.384 e. The van der Waals surface area contributed by atoms with Crippen molar-refractivity contribution in [3.63, 3.8) is 0 Å².